The maximum atomic E-state index is 12.7. The molecule has 4 aromatic carbocycles. The Bertz CT molecular complexity index is 1330. The first-order chi connectivity index (χ1) is 15.8. The van der Waals surface area contributed by atoms with E-state index < -0.39 is 0 Å². The summed E-state index contributed by atoms with van der Waals surface area (Å²) in [6, 6.07) is 38.1. The molecule has 0 unspecified atom stereocenters. The predicted molar refractivity (Wildman–Crippen MR) is 133 cm³/mol. The van der Waals surface area contributed by atoms with Crippen LogP contribution in [0.25, 0.3) is 32.8 Å². The number of carbonyl (C=O) groups excluding carboxylic acids is 1. The van der Waals surface area contributed by atoms with Crippen molar-refractivity contribution in [2.75, 3.05) is 5.32 Å². The first-order valence-corrected chi connectivity index (χ1v) is 11.2. The fourth-order valence-electron chi connectivity index (χ4n) is 3.56. The number of aromatic nitrogens is 1. The lowest BCUT2D eigenvalue weighted by Gasteiger charge is -2.05. The summed E-state index contributed by atoms with van der Waals surface area (Å²) in [7, 11) is 0. The zero-order chi connectivity index (χ0) is 21.8. The van der Waals surface area contributed by atoms with E-state index >= 15 is 0 Å². The Hall–Kier alpha value is -4.02. The Morgan fingerprint density at radius 1 is 0.594 bits per heavy atom. The Labute approximate surface area is 191 Å². The van der Waals surface area contributed by atoms with Gasteiger partial charge >= 0.3 is 0 Å². The van der Waals surface area contributed by atoms with Gasteiger partial charge in [-0.2, -0.15) is 0 Å². The molecule has 1 N–H and O–H groups in total. The molecule has 154 valence electrons. The number of rotatable bonds is 5. The molecule has 5 rings (SSSR count). The van der Waals surface area contributed by atoms with Gasteiger partial charge in [-0.1, -0.05) is 114 Å². The van der Waals surface area contributed by atoms with Gasteiger partial charge in [0.15, 0.2) is 5.13 Å². The molecule has 0 saturated carbocycles. The summed E-state index contributed by atoms with van der Waals surface area (Å²) in [6.45, 7) is 0. The molecule has 0 aliphatic heterocycles. The molecule has 1 amide bonds. The van der Waals surface area contributed by atoms with Crippen molar-refractivity contribution in [3.05, 3.63) is 121 Å². The number of nitrogens with one attached hydrogen (secondary N) is 1. The van der Waals surface area contributed by atoms with Crippen molar-refractivity contribution < 1.29 is 4.79 Å². The minimum atomic E-state index is -0.162. The summed E-state index contributed by atoms with van der Waals surface area (Å²) in [5, 5.41) is 3.55. The molecule has 0 atom stereocenters. The molecule has 0 fully saturated rings. The van der Waals surface area contributed by atoms with Crippen LogP contribution in [0.4, 0.5) is 5.13 Å². The van der Waals surface area contributed by atoms with Crippen LogP contribution < -0.4 is 5.32 Å². The summed E-state index contributed by atoms with van der Waals surface area (Å²) < 4.78 is 0. The molecule has 1 aromatic heterocycles. The lowest BCUT2D eigenvalue weighted by molar-refractivity contribution is 0.102. The molecule has 0 aliphatic rings. The van der Waals surface area contributed by atoms with E-state index in [0.29, 0.717) is 10.7 Å². The average Bonchev–Trinajstić information content (AvgIpc) is 3.29. The van der Waals surface area contributed by atoms with Gasteiger partial charge in [-0.3, -0.25) is 10.1 Å². The molecule has 0 aliphatic carbocycles. The smallest absolute Gasteiger partial charge is 0.257 e. The minimum Gasteiger partial charge on any atom is -0.298 e. The topological polar surface area (TPSA) is 42.0 Å². The fourth-order valence-corrected chi connectivity index (χ4v) is 4.55. The second-order valence-electron chi connectivity index (χ2n) is 7.33. The highest BCUT2D eigenvalue weighted by Crippen LogP contribution is 2.39. The lowest BCUT2D eigenvalue weighted by atomic mass is 10.0. The molecular formula is C28H20N2OS. The zero-order valence-electron chi connectivity index (χ0n) is 17.2. The molecule has 0 radical (unpaired) electrons. The van der Waals surface area contributed by atoms with Crippen LogP contribution in [-0.2, 0) is 0 Å². The van der Waals surface area contributed by atoms with Crippen LogP contribution >= 0.6 is 11.3 Å². The highest BCUT2D eigenvalue weighted by molar-refractivity contribution is 7.19. The number of nitrogens with zero attached hydrogens (tertiary/aromatic N) is 1. The van der Waals surface area contributed by atoms with E-state index in [2.05, 4.69) is 41.7 Å². The largest absolute Gasteiger partial charge is 0.298 e. The standard InChI is InChI=1S/C28H20N2OS/c31-27(24-14-8-3-9-15-24)30-28-29-25(22-12-6-2-7-13-22)26(32-28)23-18-16-21(17-19-23)20-10-4-1-5-11-20/h1-19H,(H,29,30,31). The van der Waals surface area contributed by atoms with Crippen LogP contribution in [0.15, 0.2) is 115 Å². The summed E-state index contributed by atoms with van der Waals surface area (Å²) in [6.07, 6.45) is 0. The molecular weight excluding hydrogens is 412 g/mol. The van der Waals surface area contributed by atoms with Gasteiger partial charge in [-0.15, -0.1) is 0 Å². The molecule has 5 aromatic rings. The molecule has 4 heteroatoms. The van der Waals surface area contributed by atoms with Gasteiger partial charge in [-0.25, -0.2) is 4.98 Å². The van der Waals surface area contributed by atoms with Crippen LogP contribution in [-0.4, -0.2) is 10.9 Å². The third-order valence-electron chi connectivity index (χ3n) is 5.19. The third kappa shape index (κ3) is 4.22. The van der Waals surface area contributed by atoms with Gasteiger partial charge in [0.1, 0.15) is 0 Å². The van der Waals surface area contributed by atoms with Crippen molar-refractivity contribution >= 4 is 22.4 Å². The quantitative estimate of drug-likeness (QED) is 0.314. The highest BCUT2D eigenvalue weighted by atomic mass is 32.1. The average molecular weight is 433 g/mol. The van der Waals surface area contributed by atoms with Gasteiger partial charge in [0.25, 0.3) is 5.91 Å². The van der Waals surface area contributed by atoms with Gasteiger partial charge in [-0.05, 0) is 28.8 Å². The Morgan fingerprint density at radius 3 is 1.72 bits per heavy atom. The normalized spacial score (nSPS) is 10.6. The second kappa shape index (κ2) is 9.00. The van der Waals surface area contributed by atoms with Crippen molar-refractivity contribution in [3.8, 4) is 32.8 Å². The summed E-state index contributed by atoms with van der Waals surface area (Å²) >= 11 is 1.49. The van der Waals surface area contributed by atoms with Gasteiger partial charge in [0.2, 0.25) is 0 Å². The predicted octanol–water partition coefficient (Wildman–Crippen LogP) is 7.40. The van der Waals surface area contributed by atoms with Crippen LogP contribution in [0.1, 0.15) is 10.4 Å². The van der Waals surface area contributed by atoms with Crippen molar-refractivity contribution in [1.82, 2.24) is 4.98 Å². The maximum Gasteiger partial charge on any atom is 0.257 e. The van der Waals surface area contributed by atoms with Gasteiger partial charge < -0.3 is 0 Å². The maximum absolute atomic E-state index is 12.7. The molecule has 3 nitrogen and oxygen atoms in total. The number of carbonyl (C=O) groups is 1. The van der Waals surface area contributed by atoms with Crippen molar-refractivity contribution in [3.63, 3.8) is 0 Å². The number of hydrogen-bond acceptors (Lipinski definition) is 3. The number of hydrogen-bond donors (Lipinski definition) is 1. The van der Waals surface area contributed by atoms with Crippen molar-refractivity contribution in [2.45, 2.75) is 0 Å². The van der Waals surface area contributed by atoms with E-state index in [4.69, 9.17) is 4.98 Å². The number of amides is 1. The van der Waals surface area contributed by atoms with E-state index in [1.807, 2.05) is 66.7 Å². The van der Waals surface area contributed by atoms with Gasteiger partial charge in [0.05, 0.1) is 10.6 Å². The van der Waals surface area contributed by atoms with Gasteiger partial charge in [0, 0.05) is 11.1 Å². The number of anilines is 1. The first kappa shape index (κ1) is 19.9. The lowest BCUT2D eigenvalue weighted by Crippen LogP contribution is -2.11. The second-order valence-corrected chi connectivity index (χ2v) is 8.33. The Balaban J connectivity index is 1.51. The molecule has 0 saturated heterocycles. The van der Waals surface area contributed by atoms with Crippen LogP contribution in [0.2, 0.25) is 0 Å². The van der Waals surface area contributed by atoms with Crippen LogP contribution in [0, 0.1) is 0 Å². The third-order valence-corrected chi connectivity index (χ3v) is 6.20. The highest BCUT2D eigenvalue weighted by Gasteiger charge is 2.17. The van der Waals surface area contributed by atoms with Crippen LogP contribution in [0.5, 0.6) is 0 Å². The summed E-state index contributed by atoms with van der Waals surface area (Å²) in [5.74, 6) is -0.162. The first-order valence-electron chi connectivity index (χ1n) is 10.4. The number of thiazole rings is 1. The van der Waals surface area contributed by atoms with E-state index in [-0.39, 0.29) is 5.91 Å². The summed E-state index contributed by atoms with van der Waals surface area (Å²) in [4.78, 5) is 18.5. The zero-order valence-corrected chi connectivity index (χ0v) is 18.0. The fraction of sp³-hybridized carbons (Fsp3) is 0. The van der Waals surface area contributed by atoms with E-state index in [1.165, 1.54) is 16.9 Å². The number of benzene rings is 4. The molecule has 1 heterocycles. The SMILES string of the molecule is O=C(Nc1nc(-c2ccccc2)c(-c2ccc(-c3ccccc3)cc2)s1)c1ccccc1. The van der Waals surface area contributed by atoms with E-state index in [9.17, 15) is 4.79 Å². The van der Waals surface area contributed by atoms with E-state index in [0.717, 1.165) is 27.3 Å². The Kier molecular flexibility index (Phi) is 5.60. The van der Waals surface area contributed by atoms with Crippen LogP contribution in [0.3, 0.4) is 0 Å². The summed E-state index contributed by atoms with van der Waals surface area (Å²) in [5.41, 5.74) is 5.91. The minimum absolute atomic E-state index is 0.162. The van der Waals surface area contributed by atoms with Crippen molar-refractivity contribution in [1.29, 1.82) is 0 Å². The molecule has 32 heavy (non-hydrogen) atoms. The monoisotopic (exact) mass is 432 g/mol. The Morgan fingerprint density at radius 2 is 1.09 bits per heavy atom. The van der Waals surface area contributed by atoms with Crippen molar-refractivity contribution in [2.24, 2.45) is 0 Å². The van der Waals surface area contributed by atoms with E-state index in [1.54, 1.807) is 12.1 Å². The molecule has 0 bridgehead atoms. The molecule has 0 spiro atoms.